The van der Waals surface area contributed by atoms with Gasteiger partial charge in [-0.1, -0.05) is 43.2 Å². The molecule has 0 atom stereocenters. The SMILES string of the molecule is c1ccc(-c2csc(CNCCCC3CC3)c2)cc1. The summed E-state index contributed by atoms with van der Waals surface area (Å²) in [5.41, 5.74) is 2.67. The Morgan fingerprint density at radius 1 is 1.11 bits per heavy atom. The molecule has 0 spiro atoms. The van der Waals surface area contributed by atoms with E-state index in [1.807, 2.05) is 11.3 Å². The molecule has 1 fully saturated rings. The highest BCUT2D eigenvalue weighted by atomic mass is 32.1. The summed E-state index contributed by atoms with van der Waals surface area (Å²) in [4.78, 5) is 1.44. The molecule has 2 aromatic rings. The van der Waals surface area contributed by atoms with Gasteiger partial charge in [0.25, 0.3) is 0 Å². The first-order valence-corrected chi connectivity index (χ1v) is 8.13. The molecule has 0 aliphatic heterocycles. The lowest BCUT2D eigenvalue weighted by atomic mass is 10.1. The molecule has 1 N–H and O–H groups in total. The van der Waals surface area contributed by atoms with Gasteiger partial charge in [-0.2, -0.15) is 0 Å². The third-order valence-electron chi connectivity index (χ3n) is 3.72. The van der Waals surface area contributed by atoms with Crippen LogP contribution < -0.4 is 5.32 Å². The second kappa shape index (κ2) is 6.36. The zero-order valence-electron chi connectivity index (χ0n) is 11.3. The topological polar surface area (TPSA) is 12.0 Å². The Bertz CT molecular complexity index is 499. The number of nitrogens with one attached hydrogen (secondary N) is 1. The highest BCUT2D eigenvalue weighted by Crippen LogP contribution is 2.33. The normalized spacial score (nSPS) is 14.7. The van der Waals surface area contributed by atoms with Crippen LogP contribution in [0.4, 0.5) is 0 Å². The van der Waals surface area contributed by atoms with Crippen molar-refractivity contribution in [3.05, 3.63) is 46.7 Å². The van der Waals surface area contributed by atoms with Crippen molar-refractivity contribution in [3.63, 3.8) is 0 Å². The van der Waals surface area contributed by atoms with Crippen LogP contribution in [0.3, 0.4) is 0 Å². The standard InChI is InChI=1S/C17H21NS/c1-2-6-15(7-3-1)16-11-17(19-13-16)12-18-10-4-5-14-8-9-14/h1-3,6-7,11,13-14,18H,4-5,8-10,12H2. The van der Waals surface area contributed by atoms with Crippen molar-refractivity contribution in [2.45, 2.75) is 32.2 Å². The van der Waals surface area contributed by atoms with Gasteiger partial charge in [0.05, 0.1) is 0 Å². The number of rotatable bonds is 7. The van der Waals surface area contributed by atoms with Crippen molar-refractivity contribution in [3.8, 4) is 11.1 Å². The van der Waals surface area contributed by atoms with Crippen molar-refractivity contribution in [1.82, 2.24) is 5.32 Å². The lowest BCUT2D eigenvalue weighted by molar-refractivity contribution is 0.596. The minimum Gasteiger partial charge on any atom is -0.312 e. The van der Waals surface area contributed by atoms with E-state index in [-0.39, 0.29) is 0 Å². The third kappa shape index (κ3) is 3.92. The molecule has 100 valence electrons. The van der Waals surface area contributed by atoms with Gasteiger partial charge in [0.1, 0.15) is 0 Å². The Morgan fingerprint density at radius 2 is 1.95 bits per heavy atom. The van der Waals surface area contributed by atoms with Crippen molar-refractivity contribution in [1.29, 1.82) is 0 Å². The lowest BCUT2D eigenvalue weighted by Gasteiger charge is -2.02. The van der Waals surface area contributed by atoms with Gasteiger partial charge < -0.3 is 5.32 Å². The third-order valence-corrected chi connectivity index (χ3v) is 4.66. The molecule has 0 amide bonds. The summed E-state index contributed by atoms with van der Waals surface area (Å²) >= 11 is 1.86. The van der Waals surface area contributed by atoms with E-state index in [1.54, 1.807) is 0 Å². The fourth-order valence-corrected chi connectivity index (χ4v) is 3.25. The summed E-state index contributed by atoms with van der Waals surface area (Å²) in [6.45, 7) is 2.18. The first-order chi connectivity index (χ1) is 9.42. The van der Waals surface area contributed by atoms with E-state index in [0.717, 1.165) is 19.0 Å². The summed E-state index contributed by atoms with van der Waals surface area (Å²) in [5.74, 6) is 1.06. The highest BCUT2D eigenvalue weighted by Gasteiger charge is 2.19. The predicted molar refractivity (Wildman–Crippen MR) is 83.4 cm³/mol. The molecular formula is C17H21NS. The van der Waals surface area contributed by atoms with Crippen LogP contribution in [0.5, 0.6) is 0 Å². The average Bonchev–Trinajstić information content (AvgIpc) is 3.16. The van der Waals surface area contributed by atoms with Gasteiger partial charge in [-0.05, 0) is 47.9 Å². The van der Waals surface area contributed by atoms with E-state index in [4.69, 9.17) is 0 Å². The first kappa shape index (κ1) is 12.9. The van der Waals surface area contributed by atoms with E-state index in [0.29, 0.717) is 0 Å². The van der Waals surface area contributed by atoms with Gasteiger partial charge in [-0.25, -0.2) is 0 Å². The summed E-state index contributed by atoms with van der Waals surface area (Å²) in [5, 5.41) is 5.82. The summed E-state index contributed by atoms with van der Waals surface area (Å²) in [6.07, 6.45) is 5.71. The molecule has 19 heavy (non-hydrogen) atoms. The molecule has 0 saturated heterocycles. The molecule has 1 aromatic carbocycles. The van der Waals surface area contributed by atoms with Crippen LogP contribution in [0.2, 0.25) is 0 Å². The van der Waals surface area contributed by atoms with E-state index >= 15 is 0 Å². The molecule has 3 rings (SSSR count). The Hall–Kier alpha value is -1.12. The van der Waals surface area contributed by atoms with Crippen molar-refractivity contribution in [2.75, 3.05) is 6.54 Å². The molecule has 0 bridgehead atoms. The molecule has 0 unspecified atom stereocenters. The molecule has 1 nitrogen and oxygen atoms in total. The smallest absolute Gasteiger partial charge is 0.0299 e. The van der Waals surface area contributed by atoms with E-state index in [1.165, 1.54) is 41.7 Å². The lowest BCUT2D eigenvalue weighted by Crippen LogP contribution is -2.13. The zero-order valence-corrected chi connectivity index (χ0v) is 12.1. The number of benzene rings is 1. The van der Waals surface area contributed by atoms with Gasteiger partial charge in [0.15, 0.2) is 0 Å². The van der Waals surface area contributed by atoms with E-state index < -0.39 is 0 Å². The first-order valence-electron chi connectivity index (χ1n) is 7.25. The molecule has 1 aromatic heterocycles. The second-order valence-corrected chi connectivity index (χ2v) is 6.43. The quantitative estimate of drug-likeness (QED) is 0.720. The zero-order chi connectivity index (χ0) is 12.9. The van der Waals surface area contributed by atoms with Gasteiger partial charge in [0.2, 0.25) is 0 Å². The van der Waals surface area contributed by atoms with Crippen LogP contribution in [0, 0.1) is 5.92 Å². The summed E-state index contributed by atoms with van der Waals surface area (Å²) in [7, 11) is 0. The largest absolute Gasteiger partial charge is 0.312 e. The predicted octanol–water partition coefficient (Wildman–Crippen LogP) is 4.69. The number of hydrogen-bond acceptors (Lipinski definition) is 2. The summed E-state index contributed by atoms with van der Waals surface area (Å²) < 4.78 is 0. The van der Waals surface area contributed by atoms with Crippen molar-refractivity contribution >= 4 is 11.3 Å². The maximum absolute atomic E-state index is 3.56. The second-order valence-electron chi connectivity index (χ2n) is 5.43. The molecule has 1 heterocycles. The molecule has 1 aliphatic rings. The van der Waals surface area contributed by atoms with Crippen LogP contribution >= 0.6 is 11.3 Å². The number of hydrogen-bond donors (Lipinski definition) is 1. The Balaban J connectivity index is 1.45. The van der Waals surface area contributed by atoms with Crippen LogP contribution in [0.1, 0.15) is 30.6 Å². The molecule has 1 aliphatic carbocycles. The van der Waals surface area contributed by atoms with Crippen LogP contribution in [-0.2, 0) is 6.54 Å². The maximum atomic E-state index is 3.56. The van der Waals surface area contributed by atoms with Crippen LogP contribution in [0.15, 0.2) is 41.8 Å². The Kier molecular flexibility index (Phi) is 4.31. The van der Waals surface area contributed by atoms with Crippen molar-refractivity contribution < 1.29 is 0 Å². The maximum Gasteiger partial charge on any atom is 0.0299 e. The minimum atomic E-state index is 1.02. The van der Waals surface area contributed by atoms with Gasteiger partial charge in [-0.3, -0.25) is 0 Å². The molecular weight excluding hydrogens is 250 g/mol. The van der Waals surface area contributed by atoms with Crippen LogP contribution in [-0.4, -0.2) is 6.54 Å². The monoisotopic (exact) mass is 271 g/mol. The van der Waals surface area contributed by atoms with Crippen LogP contribution in [0.25, 0.3) is 11.1 Å². The van der Waals surface area contributed by atoms with E-state index in [2.05, 4.69) is 47.1 Å². The minimum absolute atomic E-state index is 1.02. The number of thiophene rings is 1. The fourth-order valence-electron chi connectivity index (χ4n) is 2.39. The summed E-state index contributed by atoms with van der Waals surface area (Å²) in [6, 6.07) is 12.9. The Morgan fingerprint density at radius 3 is 2.74 bits per heavy atom. The molecule has 1 saturated carbocycles. The fraction of sp³-hybridized carbons (Fsp3) is 0.412. The van der Waals surface area contributed by atoms with Gasteiger partial charge in [-0.15, -0.1) is 11.3 Å². The van der Waals surface area contributed by atoms with Gasteiger partial charge >= 0.3 is 0 Å². The molecule has 2 heteroatoms. The Labute approximate surface area is 119 Å². The van der Waals surface area contributed by atoms with E-state index in [9.17, 15) is 0 Å². The van der Waals surface area contributed by atoms with Crippen molar-refractivity contribution in [2.24, 2.45) is 5.92 Å². The molecule has 0 radical (unpaired) electrons. The average molecular weight is 271 g/mol. The van der Waals surface area contributed by atoms with Gasteiger partial charge in [0, 0.05) is 11.4 Å². The highest BCUT2D eigenvalue weighted by molar-refractivity contribution is 7.10.